The Labute approximate surface area is 145 Å². The molecule has 2 atom stereocenters. The van der Waals surface area contributed by atoms with Crippen LogP contribution in [0.3, 0.4) is 0 Å². The van der Waals surface area contributed by atoms with Crippen LogP contribution in [0.1, 0.15) is 39.8 Å². The highest BCUT2D eigenvalue weighted by Gasteiger charge is 2.39. The molecule has 1 aromatic heterocycles. The summed E-state index contributed by atoms with van der Waals surface area (Å²) in [4.78, 5) is 23.5. The zero-order valence-electron chi connectivity index (χ0n) is 14.0. The number of halogens is 1. The largest absolute Gasteiger partial charge is 0.444 e. The minimum Gasteiger partial charge on any atom is -0.444 e. The molecule has 0 spiro atoms. The van der Waals surface area contributed by atoms with Crippen LogP contribution in [0.5, 0.6) is 0 Å². The number of aliphatic imine (C=N–C) groups is 1. The van der Waals surface area contributed by atoms with Gasteiger partial charge in [-0.05, 0) is 55.1 Å². The zero-order chi connectivity index (χ0) is 16.8. The van der Waals surface area contributed by atoms with E-state index in [-0.39, 0.29) is 12.1 Å². The summed E-state index contributed by atoms with van der Waals surface area (Å²) in [6.45, 7) is 8.55. The van der Waals surface area contributed by atoms with E-state index < -0.39 is 5.60 Å². The van der Waals surface area contributed by atoms with E-state index in [9.17, 15) is 4.79 Å². The Morgan fingerprint density at radius 1 is 1.43 bits per heavy atom. The summed E-state index contributed by atoms with van der Waals surface area (Å²) in [5.41, 5.74) is 2.41. The zero-order valence-corrected chi connectivity index (χ0v) is 15.6. The molecule has 0 aliphatic carbocycles. The van der Waals surface area contributed by atoms with Gasteiger partial charge in [0.05, 0.1) is 17.4 Å². The van der Waals surface area contributed by atoms with Crippen molar-refractivity contribution >= 4 is 33.4 Å². The molecule has 23 heavy (non-hydrogen) atoms. The van der Waals surface area contributed by atoms with E-state index >= 15 is 0 Å². The van der Waals surface area contributed by atoms with Gasteiger partial charge < -0.3 is 4.74 Å². The minimum atomic E-state index is -0.486. The molecular formula is C17H22BrN3O2. The molecule has 1 fully saturated rings. The molecule has 0 radical (unpaired) electrons. The molecular weight excluding hydrogens is 358 g/mol. The Balaban J connectivity index is 1.81. The summed E-state index contributed by atoms with van der Waals surface area (Å²) in [5, 5.41) is 0. The van der Waals surface area contributed by atoms with Crippen LogP contribution in [-0.2, 0) is 11.2 Å². The van der Waals surface area contributed by atoms with Crippen molar-refractivity contribution in [1.29, 1.82) is 0 Å². The molecule has 2 aliphatic rings. The first-order chi connectivity index (χ1) is 10.7. The number of nitrogens with zero attached hydrogens (tertiary/aromatic N) is 3. The van der Waals surface area contributed by atoms with Gasteiger partial charge in [-0.1, -0.05) is 6.92 Å². The van der Waals surface area contributed by atoms with Crippen LogP contribution in [0.25, 0.3) is 0 Å². The number of pyridine rings is 1. The summed E-state index contributed by atoms with van der Waals surface area (Å²) in [6, 6.07) is 1.98. The SMILES string of the molecule is C[C@H]1C[C@@H](C2=Nc3cc(Br)cnc3C2)N(C(=O)OC(C)(C)C)C1. The fraction of sp³-hybridized carbons (Fsp3) is 0.588. The van der Waals surface area contributed by atoms with E-state index in [0.717, 1.165) is 28.0 Å². The highest BCUT2D eigenvalue weighted by molar-refractivity contribution is 9.10. The molecule has 0 N–H and O–H groups in total. The van der Waals surface area contributed by atoms with Gasteiger partial charge in [0.1, 0.15) is 5.60 Å². The van der Waals surface area contributed by atoms with Gasteiger partial charge in [-0.2, -0.15) is 0 Å². The fourth-order valence-corrected chi connectivity index (χ4v) is 3.45. The van der Waals surface area contributed by atoms with E-state index in [1.54, 1.807) is 6.20 Å². The standard InChI is InChI=1S/C17H22BrN3O2/c1-10-5-15(21(9-10)16(22)23-17(2,3)4)14-7-12-13(20-14)6-11(18)8-19-12/h6,8,10,15H,5,7,9H2,1-4H3/t10-,15-/m0/s1. The van der Waals surface area contributed by atoms with Gasteiger partial charge in [0, 0.05) is 29.3 Å². The first-order valence-corrected chi connectivity index (χ1v) is 8.74. The molecule has 3 heterocycles. The number of carbonyl (C=O) groups excluding carboxylic acids is 1. The third-order valence-corrected chi connectivity index (χ3v) is 4.48. The van der Waals surface area contributed by atoms with Crippen molar-refractivity contribution < 1.29 is 9.53 Å². The lowest BCUT2D eigenvalue weighted by atomic mass is 10.0. The summed E-state index contributed by atoms with van der Waals surface area (Å²) < 4.78 is 6.49. The highest BCUT2D eigenvalue weighted by Crippen LogP contribution is 2.34. The Kier molecular flexibility index (Phi) is 4.21. The van der Waals surface area contributed by atoms with Crippen molar-refractivity contribution in [3.63, 3.8) is 0 Å². The predicted octanol–water partition coefficient (Wildman–Crippen LogP) is 4.12. The van der Waals surface area contributed by atoms with Gasteiger partial charge in [-0.3, -0.25) is 14.9 Å². The summed E-state index contributed by atoms with van der Waals surface area (Å²) in [6.07, 6.45) is 3.17. The van der Waals surface area contributed by atoms with Crippen molar-refractivity contribution in [3.05, 3.63) is 22.4 Å². The van der Waals surface area contributed by atoms with Crippen LogP contribution in [0, 0.1) is 5.92 Å². The number of hydrogen-bond donors (Lipinski definition) is 0. The lowest BCUT2D eigenvalue weighted by Gasteiger charge is -2.28. The Morgan fingerprint density at radius 2 is 2.17 bits per heavy atom. The summed E-state index contributed by atoms with van der Waals surface area (Å²) >= 11 is 3.43. The predicted molar refractivity (Wildman–Crippen MR) is 93.2 cm³/mol. The first kappa shape index (κ1) is 16.4. The van der Waals surface area contributed by atoms with Crippen LogP contribution in [-0.4, -0.2) is 39.9 Å². The van der Waals surface area contributed by atoms with Gasteiger partial charge >= 0.3 is 6.09 Å². The van der Waals surface area contributed by atoms with E-state index in [1.165, 1.54) is 0 Å². The van der Waals surface area contributed by atoms with Crippen molar-refractivity contribution in [2.45, 2.75) is 52.2 Å². The van der Waals surface area contributed by atoms with E-state index in [2.05, 4.69) is 27.8 Å². The van der Waals surface area contributed by atoms with Crippen molar-refractivity contribution in [2.75, 3.05) is 6.54 Å². The Bertz CT molecular complexity index is 666. The molecule has 124 valence electrons. The number of carbonyl (C=O) groups is 1. The molecule has 3 rings (SSSR count). The lowest BCUT2D eigenvalue weighted by Crippen LogP contribution is -2.43. The van der Waals surface area contributed by atoms with Gasteiger partial charge in [-0.15, -0.1) is 0 Å². The third-order valence-electron chi connectivity index (χ3n) is 4.05. The second-order valence-electron chi connectivity index (χ2n) is 7.39. The molecule has 0 saturated carbocycles. The van der Waals surface area contributed by atoms with Crippen LogP contribution in [0.2, 0.25) is 0 Å². The van der Waals surface area contributed by atoms with Crippen molar-refractivity contribution in [3.8, 4) is 0 Å². The van der Waals surface area contributed by atoms with E-state index in [1.807, 2.05) is 31.7 Å². The quantitative estimate of drug-likeness (QED) is 0.737. The maximum absolute atomic E-state index is 12.5. The second-order valence-corrected chi connectivity index (χ2v) is 8.30. The Hall–Kier alpha value is -1.43. The molecule has 0 unspecified atom stereocenters. The second kappa shape index (κ2) is 5.89. The maximum atomic E-state index is 12.5. The van der Waals surface area contributed by atoms with E-state index in [0.29, 0.717) is 18.9 Å². The smallest absolute Gasteiger partial charge is 0.410 e. The molecule has 0 aromatic carbocycles. The van der Waals surface area contributed by atoms with Crippen LogP contribution in [0.4, 0.5) is 10.5 Å². The van der Waals surface area contributed by atoms with Crippen molar-refractivity contribution in [1.82, 2.24) is 9.88 Å². The molecule has 1 amide bonds. The van der Waals surface area contributed by atoms with Gasteiger partial charge in [-0.25, -0.2) is 4.79 Å². The molecule has 0 bridgehead atoms. The molecule has 1 saturated heterocycles. The molecule has 2 aliphatic heterocycles. The fourth-order valence-electron chi connectivity index (χ4n) is 3.13. The minimum absolute atomic E-state index is 0.00725. The van der Waals surface area contributed by atoms with Crippen LogP contribution in [0.15, 0.2) is 21.7 Å². The topological polar surface area (TPSA) is 54.8 Å². The van der Waals surface area contributed by atoms with Gasteiger partial charge in [0.2, 0.25) is 0 Å². The summed E-state index contributed by atoms with van der Waals surface area (Å²) in [5.74, 6) is 0.443. The molecule has 5 nitrogen and oxygen atoms in total. The number of likely N-dealkylation sites (tertiary alicyclic amines) is 1. The number of aromatic nitrogens is 1. The number of rotatable bonds is 1. The average molecular weight is 380 g/mol. The third kappa shape index (κ3) is 3.57. The number of ether oxygens (including phenoxy) is 1. The monoisotopic (exact) mass is 379 g/mol. The maximum Gasteiger partial charge on any atom is 0.410 e. The van der Waals surface area contributed by atoms with Crippen LogP contribution >= 0.6 is 15.9 Å². The van der Waals surface area contributed by atoms with Crippen LogP contribution < -0.4 is 0 Å². The van der Waals surface area contributed by atoms with Crippen molar-refractivity contribution in [2.24, 2.45) is 10.9 Å². The lowest BCUT2D eigenvalue weighted by molar-refractivity contribution is 0.0260. The number of hydrogen-bond acceptors (Lipinski definition) is 4. The average Bonchev–Trinajstić information content (AvgIpc) is 2.99. The highest BCUT2D eigenvalue weighted by atomic mass is 79.9. The molecule has 1 aromatic rings. The summed E-state index contributed by atoms with van der Waals surface area (Å²) in [7, 11) is 0. The van der Waals surface area contributed by atoms with E-state index in [4.69, 9.17) is 9.73 Å². The first-order valence-electron chi connectivity index (χ1n) is 7.94. The number of fused-ring (bicyclic) bond motifs is 1. The normalized spacial score (nSPS) is 23.7. The Morgan fingerprint density at radius 3 is 2.87 bits per heavy atom. The van der Waals surface area contributed by atoms with Gasteiger partial charge in [0.15, 0.2) is 0 Å². The van der Waals surface area contributed by atoms with Gasteiger partial charge in [0.25, 0.3) is 0 Å². The molecule has 6 heteroatoms. The number of amides is 1.